The van der Waals surface area contributed by atoms with Crippen LogP contribution in [0.3, 0.4) is 0 Å². The van der Waals surface area contributed by atoms with Crippen molar-refractivity contribution in [3.63, 3.8) is 0 Å². The SMILES string of the molecule is CNS(=O)(=O)CCNC(=O)NCC(OC)C(=O)O. The summed E-state index contributed by atoms with van der Waals surface area (Å²) in [7, 11) is -0.900. The average Bonchev–Trinajstić information content (AvgIpc) is 2.29. The van der Waals surface area contributed by atoms with Gasteiger partial charge in [-0.2, -0.15) is 0 Å². The Morgan fingerprint density at radius 1 is 1.33 bits per heavy atom. The van der Waals surface area contributed by atoms with Crippen LogP contribution in [0.25, 0.3) is 0 Å². The highest BCUT2D eigenvalue weighted by atomic mass is 32.2. The lowest BCUT2D eigenvalue weighted by atomic mass is 10.3. The highest BCUT2D eigenvalue weighted by Gasteiger charge is 2.17. The Labute approximate surface area is 105 Å². The fourth-order valence-electron chi connectivity index (χ4n) is 0.920. The normalized spacial score (nSPS) is 12.8. The van der Waals surface area contributed by atoms with E-state index in [0.717, 1.165) is 0 Å². The first kappa shape index (κ1) is 16.6. The van der Waals surface area contributed by atoms with Crippen LogP contribution in [0.4, 0.5) is 4.79 Å². The summed E-state index contributed by atoms with van der Waals surface area (Å²) in [4.78, 5) is 21.7. The molecule has 1 unspecified atom stereocenters. The predicted molar refractivity (Wildman–Crippen MR) is 62.7 cm³/mol. The maximum Gasteiger partial charge on any atom is 0.334 e. The molecule has 0 spiro atoms. The summed E-state index contributed by atoms with van der Waals surface area (Å²) in [6, 6.07) is -0.662. The lowest BCUT2D eigenvalue weighted by Crippen LogP contribution is -2.44. The molecule has 0 fully saturated rings. The predicted octanol–water partition coefficient (Wildman–Crippen LogP) is -2.07. The minimum atomic E-state index is -3.38. The molecule has 4 N–H and O–H groups in total. The van der Waals surface area contributed by atoms with Gasteiger partial charge in [-0.05, 0) is 7.05 Å². The van der Waals surface area contributed by atoms with Crippen molar-refractivity contribution in [2.75, 3.05) is 33.0 Å². The third-order valence-corrected chi connectivity index (χ3v) is 3.34. The van der Waals surface area contributed by atoms with Gasteiger partial charge in [0.15, 0.2) is 6.10 Å². The largest absolute Gasteiger partial charge is 0.479 e. The van der Waals surface area contributed by atoms with Gasteiger partial charge in [-0.25, -0.2) is 22.7 Å². The number of carboxylic acid groups (broad SMARTS) is 1. The quantitative estimate of drug-likeness (QED) is 0.404. The first-order valence-corrected chi connectivity index (χ1v) is 6.66. The molecule has 0 aromatic carbocycles. The number of urea groups is 1. The fraction of sp³-hybridized carbons (Fsp3) is 0.750. The topological polar surface area (TPSA) is 134 Å². The third-order valence-electron chi connectivity index (χ3n) is 1.98. The standard InChI is InChI=1S/C8H17N3O6S/c1-9-18(15,16)4-3-10-8(14)11-5-6(17-2)7(12)13/h6,9H,3-5H2,1-2H3,(H,12,13)(H2,10,11,14). The second-order valence-corrected chi connectivity index (χ2v) is 5.27. The molecule has 0 aliphatic heterocycles. The summed E-state index contributed by atoms with van der Waals surface area (Å²) < 4.78 is 28.7. The van der Waals surface area contributed by atoms with E-state index < -0.39 is 28.1 Å². The highest BCUT2D eigenvalue weighted by Crippen LogP contribution is 1.87. The zero-order valence-corrected chi connectivity index (χ0v) is 10.9. The first-order valence-electron chi connectivity index (χ1n) is 5.01. The molecule has 106 valence electrons. The van der Waals surface area contributed by atoms with Crippen molar-refractivity contribution in [1.82, 2.24) is 15.4 Å². The van der Waals surface area contributed by atoms with Crippen LogP contribution in [0.2, 0.25) is 0 Å². The summed E-state index contributed by atoms with van der Waals surface area (Å²) in [5.41, 5.74) is 0. The third kappa shape index (κ3) is 7.04. The molecule has 0 saturated carbocycles. The number of nitrogens with one attached hydrogen (secondary N) is 3. The Bertz CT molecular complexity index is 382. The smallest absolute Gasteiger partial charge is 0.334 e. The van der Waals surface area contributed by atoms with Crippen molar-refractivity contribution in [1.29, 1.82) is 0 Å². The molecule has 0 radical (unpaired) electrons. The molecule has 10 heteroatoms. The van der Waals surface area contributed by atoms with E-state index in [9.17, 15) is 18.0 Å². The molecule has 9 nitrogen and oxygen atoms in total. The number of ether oxygens (including phenoxy) is 1. The number of hydrogen-bond donors (Lipinski definition) is 4. The number of sulfonamides is 1. The molecular weight excluding hydrogens is 266 g/mol. The fourth-order valence-corrected chi connectivity index (χ4v) is 1.50. The zero-order valence-electron chi connectivity index (χ0n) is 10.1. The summed E-state index contributed by atoms with van der Waals surface area (Å²) in [6.45, 7) is -0.295. The number of carbonyl (C=O) groups excluding carboxylic acids is 1. The minimum Gasteiger partial charge on any atom is -0.479 e. The van der Waals surface area contributed by atoms with Crippen LogP contribution >= 0.6 is 0 Å². The molecule has 0 aromatic rings. The Hall–Kier alpha value is -1.39. The minimum absolute atomic E-state index is 0.0836. The van der Waals surface area contributed by atoms with E-state index >= 15 is 0 Å². The van der Waals surface area contributed by atoms with Gasteiger partial charge in [-0.15, -0.1) is 0 Å². The van der Waals surface area contributed by atoms with Crippen molar-refractivity contribution in [3.8, 4) is 0 Å². The van der Waals surface area contributed by atoms with Crippen LogP contribution in [0.15, 0.2) is 0 Å². The molecule has 2 amide bonds. The number of rotatable bonds is 8. The number of methoxy groups -OCH3 is 1. The summed E-state index contributed by atoms with van der Waals surface area (Å²) in [5, 5.41) is 13.1. The second kappa shape index (κ2) is 7.84. The Kier molecular flexibility index (Phi) is 7.24. The molecular formula is C8H17N3O6S. The Balaban J connectivity index is 3.89. The number of hydrogen-bond acceptors (Lipinski definition) is 5. The van der Waals surface area contributed by atoms with Crippen LogP contribution in [0.5, 0.6) is 0 Å². The van der Waals surface area contributed by atoms with E-state index in [2.05, 4.69) is 20.1 Å². The van der Waals surface area contributed by atoms with Gasteiger partial charge in [0.2, 0.25) is 10.0 Å². The number of carbonyl (C=O) groups is 2. The van der Waals surface area contributed by atoms with Crippen LogP contribution in [0, 0.1) is 0 Å². The number of aliphatic carboxylic acids is 1. The van der Waals surface area contributed by atoms with E-state index in [1.807, 2.05) is 0 Å². The maximum atomic E-state index is 11.2. The van der Waals surface area contributed by atoms with E-state index in [4.69, 9.17) is 5.11 Å². The van der Waals surface area contributed by atoms with E-state index in [1.165, 1.54) is 14.2 Å². The first-order chi connectivity index (χ1) is 8.32. The van der Waals surface area contributed by atoms with Crippen molar-refractivity contribution in [3.05, 3.63) is 0 Å². The van der Waals surface area contributed by atoms with E-state index in [1.54, 1.807) is 0 Å². The summed E-state index contributed by atoms with van der Waals surface area (Å²) >= 11 is 0. The van der Waals surface area contributed by atoms with Gasteiger partial charge in [-0.1, -0.05) is 0 Å². The van der Waals surface area contributed by atoms with Crippen molar-refractivity contribution < 1.29 is 27.9 Å². The number of amides is 2. The van der Waals surface area contributed by atoms with Crippen LogP contribution in [-0.2, 0) is 19.6 Å². The average molecular weight is 283 g/mol. The maximum absolute atomic E-state index is 11.2. The van der Waals surface area contributed by atoms with Gasteiger partial charge in [0.25, 0.3) is 0 Å². The van der Waals surface area contributed by atoms with Gasteiger partial charge in [0, 0.05) is 13.7 Å². The lowest BCUT2D eigenvalue weighted by molar-refractivity contribution is -0.147. The van der Waals surface area contributed by atoms with Gasteiger partial charge < -0.3 is 20.5 Å². The van der Waals surface area contributed by atoms with Crippen LogP contribution in [0.1, 0.15) is 0 Å². The molecule has 0 aromatic heterocycles. The van der Waals surface area contributed by atoms with Crippen molar-refractivity contribution in [2.45, 2.75) is 6.10 Å². The second-order valence-electron chi connectivity index (χ2n) is 3.22. The van der Waals surface area contributed by atoms with Crippen LogP contribution < -0.4 is 15.4 Å². The monoisotopic (exact) mass is 283 g/mol. The molecule has 1 atom stereocenters. The molecule has 0 aliphatic carbocycles. The molecule has 0 aliphatic rings. The number of carboxylic acids is 1. The molecule has 0 bridgehead atoms. The van der Waals surface area contributed by atoms with Crippen molar-refractivity contribution >= 4 is 22.0 Å². The van der Waals surface area contributed by atoms with Gasteiger partial charge in [0.1, 0.15) is 0 Å². The van der Waals surface area contributed by atoms with Crippen molar-refractivity contribution in [2.24, 2.45) is 0 Å². The van der Waals surface area contributed by atoms with Gasteiger partial charge >= 0.3 is 12.0 Å². The van der Waals surface area contributed by atoms with Gasteiger partial charge in [0.05, 0.1) is 12.3 Å². The zero-order chi connectivity index (χ0) is 14.2. The van der Waals surface area contributed by atoms with Gasteiger partial charge in [-0.3, -0.25) is 0 Å². The van der Waals surface area contributed by atoms with E-state index in [-0.39, 0.29) is 18.8 Å². The lowest BCUT2D eigenvalue weighted by Gasteiger charge is -2.12. The Morgan fingerprint density at radius 3 is 2.39 bits per heavy atom. The highest BCUT2D eigenvalue weighted by molar-refractivity contribution is 7.89. The molecule has 0 saturated heterocycles. The molecule has 0 heterocycles. The van der Waals surface area contributed by atoms with E-state index in [0.29, 0.717) is 0 Å². The summed E-state index contributed by atoms with van der Waals surface area (Å²) in [6.07, 6.45) is -1.14. The molecule has 18 heavy (non-hydrogen) atoms. The van der Waals surface area contributed by atoms with Crippen LogP contribution in [-0.4, -0.2) is 64.6 Å². The molecule has 0 rings (SSSR count). The Morgan fingerprint density at radius 2 is 1.94 bits per heavy atom. The summed E-state index contributed by atoms with van der Waals surface area (Å²) in [5.74, 6) is -1.46.